The molecule has 1 aliphatic rings. The highest BCUT2D eigenvalue weighted by atomic mass is 32.1. The molecule has 1 N–H and O–H groups in total. The van der Waals surface area contributed by atoms with Crippen molar-refractivity contribution in [3.8, 4) is 11.5 Å². The van der Waals surface area contributed by atoms with Crippen LogP contribution in [0.15, 0.2) is 41.5 Å². The molecule has 0 saturated heterocycles. The van der Waals surface area contributed by atoms with Gasteiger partial charge in [-0.25, -0.2) is 9.97 Å². The van der Waals surface area contributed by atoms with Gasteiger partial charge < -0.3 is 14.8 Å². The van der Waals surface area contributed by atoms with Gasteiger partial charge in [-0.1, -0.05) is 23.5 Å². The topological polar surface area (TPSA) is 95.3 Å². The van der Waals surface area contributed by atoms with E-state index in [1.807, 2.05) is 31.2 Å². The van der Waals surface area contributed by atoms with Crippen LogP contribution in [-0.2, 0) is 11.3 Å². The molecule has 31 heavy (non-hydrogen) atoms. The second-order valence-electron chi connectivity index (χ2n) is 7.35. The smallest absolute Gasteiger partial charge is 0.261 e. The maximum atomic E-state index is 12.6. The number of aromatic nitrogens is 3. The Labute approximate surface area is 181 Å². The minimum atomic E-state index is -0.144. The maximum absolute atomic E-state index is 12.6. The lowest BCUT2D eigenvalue weighted by Gasteiger charge is -2.17. The highest BCUT2D eigenvalue weighted by Gasteiger charge is 2.16. The quantitative estimate of drug-likeness (QED) is 0.514. The summed E-state index contributed by atoms with van der Waals surface area (Å²) in [6.07, 6.45) is 2.34. The van der Waals surface area contributed by atoms with E-state index in [-0.39, 0.29) is 17.9 Å². The van der Waals surface area contributed by atoms with Crippen molar-refractivity contribution in [3.63, 3.8) is 0 Å². The number of thiazole rings is 1. The average molecular weight is 436 g/mol. The second-order valence-corrected chi connectivity index (χ2v) is 8.38. The Morgan fingerprint density at radius 3 is 2.87 bits per heavy atom. The van der Waals surface area contributed by atoms with E-state index in [0.29, 0.717) is 48.2 Å². The van der Waals surface area contributed by atoms with Gasteiger partial charge in [0, 0.05) is 25.1 Å². The number of ether oxygens (including phenoxy) is 2. The number of nitrogens with zero attached hydrogens (tertiary/aromatic N) is 3. The van der Waals surface area contributed by atoms with E-state index in [1.165, 1.54) is 11.3 Å². The van der Waals surface area contributed by atoms with Crippen molar-refractivity contribution in [2.45, 2.75) is 26.3 Å². The molecule has 1 aliphatic heterocycles. The molecule has 0 saturated carbocycles. The number of nitrogens with one attached hydrogen (secondary N) is 1. The molecule has 4 aromatic rings. The van der Waals surface area contributed by atoms with Gasteiger partial charge in [0.2, 0.25) is 5.91 Å². The number of para-hydroxylation sites is 1. The Morgan fingerprint density at radius 1 is 1.23 bits per heavy atom. The van der Waals surface area contributed by atoms with Crippen molar-refractivity contribution in [3.05, 3.63) is 52.6 Å². The van der Waals surface area contributed by atoms with Crippen LogP contribution >= 0.6 is 11.3 Å². The summed E-state index contributed by atoms with van der Waals surface area (Å²) in [5.74, 6) is 1.23. The normalized spacial score (nSPS) is 12.9. The summed E-state index contributed by atoms with van der Waals surface area (Å²) in [6, 6.07) is 9.28. The standard InChI is InChI=1S/C22H20N4O4S/c1-13-4-2-5-14-20(13)23-12-26(21(14)28)7-3-6-19(27)25-22-24-15-10-16-17(11-18(15)31-22)30-9-8-29-16/h2,4-5,10-12H,3,6-9H2,1H3,(H,24,25,27). The summed E-state index contributed by atoms with van der Waals surface area (Å²) >= 11 is 1.39. The highest BCUT2D eigenvalue weighted by Crippen LogP contribution is 2.37. The molecular formula is C22H20N4O4S. The third-order valence-corrected chi connectivity index (χ3v) is 6.09. The van der Waals surface area contributed by atoms with Gasteiger partial charge in [-0.2, -0.15) is 0 Å². The van der Waals surface area contributed by atoms with Crippen molar-refractivity contribution in [1.29, 1.82) is 0 Å². The lowest BCUT2D eigenvalue weighted by Crippen LogP contribution is -2.22. The minimum absolute atomic E-state index is 0.0892. The number of rotatable bonds is 5. The number of hydrogen-bond donors (Lipinski definition) is 1. The van der Waals surface area contributed by atoms with Crippen LogP contribution in [0.25, 0.3) is 21.1 Å². The van der Waals surface area contributed by atoms with E-state index in [4.69, 9.17) is 9.47 Å². The maximum Gasteiger partial charge on any atom is 0.261 e. The third kappa shape index (κ3) is 3.84. The van der Waals surface area contributed by atoms with Crippen LogP contribution in [0.1, 0.15) is 18.4 Å². The first-order valence-electron chi connectivity index (χ1n) is 10.0. The van der Waals surface area contributed by atoms with Gasteiger partial charge in [0.05, 0.1) is 27.4 Å². The molecule has 2 aromatic carbocycles. The third-order valence-electron chi connectivity index (χ3n) is 5.16. The monoisotopic (exact) mass is 436 g/mol. The van der Waals surface area contributed by atoms with Crippen LogP contribution in [0.4, 0.5) is 5.13 Å². The van der Waals surface area contributed by atoms with Gasteiger partial charge >= 0.3 is 0 Å². The van der Waals surface area contributed by atoms with E-state index in [1.54, 1.807) is 17.0 Å². The number of amides is 1. The fourth-order valence-electron chi connectivity index (χ4n) is 3.61. The minimum Gasteiger partial charge on any atom is -0.486 e. The number of carbonyl (C=O) groups is 1. The van der Waals surface area contributed by atoms with Crippen LogP contribution in [0.2, 0.25) is 0 Å². The predicted molar refractivity (Wildman–Crippen MR) is 119 cm³/mol. The van der Waals surface area contributed by atoms with Gasteiger partial charge in [0.1, 0.15) is 13.2 Å². The highest BCUT2D eigenvalue weighted by molar-refractivity contribution is 7.22. The number of anilines is 1. The van der Waals surface area contributed by atoms with Gasteiger partial charge in [-0.05, 0) is 25.0 Å². The molecule has 3 heterocycles. The Balaban J connectivity index is 1.23. The number of aryl methyl sites for hydroxylation is 2. The molecule has 0 unspecified atom stereocenters. The molecule has 9 heteroatoms. The summed E-state index contributed by atoms with van der Waals surface area (Å²) in [5.41, 5.74) is 2.35. The fraction of sp³-hybridized carbons (Fsp3) is 0.273. The summed E-state index contributed by atoms with van der Waals surface area (Å²) < 4.78 is 13.6. The number of benzene rings is 2. The molecule has 0 spiro atoms. The zero-order valence-electron chi connectivity index (χ0n) is 16.9. The van der Waals surface area contributed by atoms with E-state index < -0.39 is 0 Å². The Kier molecular flexibility index (Phi) is 5.03. The average Bonchev–Trinajstić information content (AvgIpc) is 3.15. The molecule has 158 valence electrons. The Morgan fingerprint density at radius 2 is 2.03 bits per heavy atom. The zero-order chi connectivity index (χ0) is 21.4. The first-order valence-corrected chi connectivity index (χ1v) is 10.8. The van der Waals surface area contributed by atoms with Gasteiger partial charge in [0.25, 0.3) is 5.56 Å². The van der Waals surface area contributed by atoms with Crippen molar-refractivity contribution in [2.75, 3.05) is 18.5 Å². The molecule has 5 rings (SSSR count). The lowest BCUT2D eigenvalue weighted by molar-refractivity contribution is -0.116. The van der Waals surface area contributed by atoms with Crippen molar-refractivity contribution in [2.24, 2.45) is 0 Å². The molecule has 0 aliphatic carbocycles. The fourth-order valence-corrected chi connectivity index (χ4v) is 4.50. The molecular weight excluding hydrogens is 416 g/mol. The van der Waals surface area contributed by atoms with Crippen molar-refractivity contribution in [1.82, 2.24) is 14.5 Å². The largest absolute Gasteiger partial charge is 0.486 e. The molecule has 0 fully saturated rings. The van der Waals surface area contributed by atoms with E-state index in [2.05, 4.69) is 15.3 Å². The van der Waals surface area contributed by atoms with Crippen LogP contribution in [0.3, 0.4) is 0 Å². The zero-order valence-corrected chi connectivity index (χ0v) is 17.7. The van der Waals surface area contributed by atoms with Crippen LogP contribution in [0, 0.1) is 6.92 Å². The second kappa shape index (κ2) is 7.99. The van der Waals surface area contributed by atoms with Gasteiger partial charge in [-0.15, -0.1) is 0 Å². The molecule has 2 aromatic heterocycles. The molecule has 1 amide bonds. The molecule has 0 atom stereocenters. The van der Waals surface area contributed by atoms with Gasteiger partial charge in [0.15, 0.2) is 16.6 Å². The van der Waals surface area contributed by atoms with Crippen LogP contribution < -0.4 is 20.3 Å². The lowest BCUT2D eigenvalue weighted by atomic mass is 10.1. The molecule has 0 radical (unpaired) electrons. The SMILES string of the molecule is Cc1cccc2c(=O)n(CCCC(=O)Nc3nc4cc5c(cc4s3)OCCO5)cnc12. The van der Waals surface area contributed by atoms with E-state index in [0.717, 1.165) is 21.3 Å². The Hall–Kier alpha value is -3.46. The summed E-state index contributed by atoms with van der Waals surface area (Å²) in [5, 5.41) is 3.97. The van der Waals surface area contributed by atoms with E-state index >= 15 is 0 Å². The van der Waals surface area contributed by atoms with E-state index in [9.17, 15) is 9.59 Å². The summed E-state index contributed by atoms with van der Waals surface area (Å²) in [6.45, 7) is 3.39. The first kappa shape index (κ1) is 19.5. The van der Waals surface area contributed by atoms with Crippen molar-refractivity contribution < 1.29 is 14.3 Å². The van der Waals surface area contributed by atoms with Gasteiger partial charge in [-0.3, -0.25) is 14.2 Å². The Bertz CT molecular complexity index is 1320. The first-order chi connectivity index (χ1) is 15.1. The molecule has 8 nitrogen and oxygen atoms in total. The summed E-state index contributed by atoms with van der Waals surface area (Å²) in [7, 11) is 0. The van der Waals surface area contributed by atoms with Crippen LogP contribution in [-0.4, -0.2) is 33.7 Å². The van der Waals surface area contributed by atoms with Crippen molar-refractivity contribution >= 4 is 43.5 Å². The summed E-state index contributed by atoms with van der Waals surface area (Å²) in [4.78, 5) is 33.9. The van der Waals surface area contributed by atoms with Crippen LogP contribution in [0.5, 0.6) is 11.5 Å². The predicted octanol–water partition coefficient (Wildman–Crippen LogP) is 3.50. The number of fused-ring (bicyclic) bond motifs is 3. The molecule has 0 bridgehead atoms. The number of hydrogen-bond acceptors (Lipinski definition) is 7. The number of carbonyl (C=O) groups excluding carboxylic acids is 1.